The van der Waals surface area contributed by atoms with E-state index in [0.29, 0.717) is 0 Å². The number of carboxylic acids is 1. The normalized spacial score (nSPS) is 12.8. The van der Waals surface area contributed by atoms with E-state index in [2.05, 4.69) is 10.6 Å². The van der Waals surface area contributed by atoms with E-state index < -0.39 is 30.4 Å². The first kappa shape index (κ1) is 21.9. The van der Waals surface area contributed by atoms with Crippen LogP contribution in [0.25, 0.3) is 11.1 Å². The Labute approximate surface area is 189 Å². The van der Waals surface area contributed by atoms with Gasteiger partial charge in [0.2, 0.25) is 5.91 Å². The molecule has 168 valence electrons. The van der Waals surface area contributed by atoms with Gasteiger partial charge in [-0.3, -0.25) is 9.59 Å². The number of fused-ring (bicyclic) bond motifs is 3. The zero-order valence-corrected chi connectivity index (χ0v) is 17.5. The molecule has 0 fully saturated rings. The number of ether oxygens (including phenoxy) is 1. The number of anilines is 1. The van der Waals surface area contributed by atoms with Crippen LogP contribution in [0.5, 0.6) is 5.75 Å². The summed E-state index contributed by atoms with van der Waals surface area (Å²) in [5, 5.41) is 23.5. The van der Waals surface area contributed by atoms with Crippen molar-refractivity contribution in [1.29, 1.82) is 0 Å². The Bertz CT molecular complexity index is 1160. The number of carbonyl (C=O) groups is 3. The molecular formula is C25H22N2O6. The van der Waals surface area contributed by atoms with Crippen molar-refractivity contribution in [1.82, 2.24) is 5.32 Å². The second kappa shape index (κ2) is 9.44. The van der Waals surface area contributed by atoms with Gasteiger partial charge in [-0.05, 0) is 34.4 Å². The highest BCUT2D eigenvalue weighted by atomic mass is 16.5. The van der Waals surface area contributed by atoms with Crippen molar-refractivity contribution in [2.24, 2.45) is 0 Å². The summed E-state index contributed by atoms with van der Waals surface area (Å²) in [6.45, 7) is 0.0355. The lowest BCUT2D eigenvalue weighted by atomic mass is 9.98. The summed E-state index contributed by atoms with van der Waals surface area (Å²) in [7, 11) is 0. The highest BCUT2D eigenvalue weighted by molar-refractivity contribution is 5.98. The van der Waals surface area contributed by atoms with Gasteiger partial charge in [0.25, 0.3) is 0 Å². The van der Waals surface area contributed by atoms with Gasteiger partial charge in [0, 0.05) is 17.7 Å². The highest BCUT2D eigenvalue weighted by Crippen LogP contribution is 2.44. The minimum absolute atomic E-state index is 0.0355. The molecule has 1 unspecified atom stereocenters. The molecule has 4 rings (SSSR count). The molecule has 3 aromatic carbocycles. The summed E-state index contributed by atoms with van der Waals surface area (Å²) in [4.78, 5) is 36.3. The van der Waals surface area contributed by atoms with E-state index in [1.165, 1.54) is 24.3 Å². The fraction of sp³-hybridized carbons (Fsp3) is 0.160. The smallest absolute Gasteiger partial charge is 0.407 e. The Balaban J connectivity index is 1.43. The van der Waals surface area contributed by atoms with Crippen LogP contribution in [0.15, 0.2) is 72.8 Å². The van der Waals surface area contributed by atoms with Crippen LogP contribution in [-0.4, -0.2) is 40.8 Å². The van der Waals surface area contributed by atoms with Crippen LogP contribution in [0.2, 0.25) is 0 Å². The molecule has 8 nitrogen and oxygen atoms in total. The molecule has 1 atom stereocenters. The minimum Gasteiger partial charge on any atom is -0.508 e. The van der Waals surface area contributed by atoms with Crippen molar-refractivity contribution in [3.8, 4) is 16.9 Å². The molecule has 0 radical (unpaired) electrons. The Morgan fingerprint density at radius 2 is 1.55 bits per heavy atom. The Morgan fingerprint density at radius 3 is 2.15 bits per heavy atom. The van der Waals surface area contributed by atoms with Crippen molar-refractivity contribution in [2.75, 3.05) is 11.9 Å². The molecule has 0 spiro atoms. The molecule has 0 aromatic heterocycles. The number of phenolic OH excluding ortho intramolecular Hbond substituents is 1. The summed E-state index contributed by atoms with van der Waals surface area (Å²) in [5.41, 5.74) is 4.50. The van der Waals surface area contributed by atoms with Gasteiger partial charge >= 0.3 is 12.1 Å². The fourth-order valence-electron chi connectivity index (χ4n) is 3.98. The number of hydrogen-bond acceptors (Lipinski definition) is 5. The Hall–Kier alpha value is -4.33. The number of aliphatic carboxylic acids is 1. The van der Waals surface area contributed by atoms with E-state index in [1.54, 1.807) is 0 Å². The lowest BCUT2D eigenvalue weighted by molar-refractivity contribution is -0.139. The molecule has 2 amide bonds. The Morgan fingerprint density at radius 1 is 0.909 bits per heavy atom. The maximum absolute atomic E-state index is 12.6. The van der Waals surface area contributed by atoms with Crippen molar-refractivity contribution in [2.45, 2.75) is 18.4 Å². The molecular weight excluding hydrogens is 424 g/mol. The van der Waals surface area contributed by atoms with Crippen molar-refractivity contribution < 1.29 is 29.3 Å². The number of amides is 2. The number of carbonyl (C=O) groups excluding carboxylic acids is 2. The van der Waals surface area contributed by atoms with E-state index in [0.717, 1.165) is 22.3 Å². The third-order valence-electron chi connectivity index (χ3n) is 5.44. The van der Waals surface area contributed by atoms with Gasteiger partial charge in [0.05, 0.1) is 6.42 Å². The van der Waals surface area contributed by atoms with Crippen molar-refractivity contribution in [3.63, 3.8) is 0 Å². The van der Waals surface area contributed by atoms with E-state index in [9.17, 15) is 19.5 Å². The van der Waals surface area contributed by atoms with Crippen LogP contribution in [0, 0.1) is 0 Å². The predicted octanol–water partition coefficient (Wildman–Crippen LogP) is 3.71. The monoisotopic (exact) mass is 446 g/mol. The van der Waals surface area contributed by atoms with E-state index >= 15 is 0 Å². The highest BCUT2D eigenvalue weighted by Gasteiger charge is 2.30. The largest absolute Gasteiger partial charge is 0.508 e. The number of aromatic hydroxyl groups is 1. The number of alkyl carbamates (subject to hydrolysis) is 1. The van der Waals surface area contributed by atoms with Gasteiger partial charge in [0.15, 0.2) is 0 Å². The van der Waals surface area contributed by atoms with Crippen LogP contribution in [0.4, 0.5) is 10.5 Å². The third-order valence-corrected chi connectivity index (χ3v) is 5.44. The zero-order chi connectivity index (χ0) is 23.4. The molecule has 0 heterocycles. The summed E-state index contributed by atoms with van der Waals surface area (Å²) in [5.74, 6) is -2.23. The van der Waals surface area contributed by atoms with Crippen LogP contribution in [0.1, 0.15) is 23.5 Å². The molecule has 0 saturated carbocycles. The number of hydrogen-bond donors (Lipinski definition) is 4. The van der Waals surface area contributed by atoms with Crippen LogP contribution >= 0.6 is 0 Å². The lowest BCUT2D eigenvalue weighted by Crippen LogP contribution is -2.45. The molecule has 0 aliphatic heterocycles. The van der Waals surface area contributed by atoms with Gasteiger partial charge in [-0.25, -0.2) is 4.79 Å². The third kappa shape index (κ3) is 4.95. The SMILES string of the molecule is O=C(O)CC(NC(=O)OCC1c2ccccc2-c2ccccc21)C(=O)Nc1cccc(O)c1. The molecule has 3 aromatic rings. The summed E-state index contributed by atoms with van der Waals surface area (Å²) in [6, 6.07) is 20.2. The number of rotatable bonds is 7. The van der Waals surface area contributed by atoms with Crippen molar-refractivity contribution >= 4 is 23.7 Å². The van der Waals surface area contributed by atoms with Gasteiger partial charge in [-0.1, -0.05) is 54.6 Å². The van der Waals surface area contributed by atoms with Gasteiger partial charge in [-0.2, -0.15) is 0 Å². The standard InChI is InChI=1S/C25H22N2O6/c28-16-7-5-6-15(12-16)26-24(31)22(13-23(29)30)27-25(32)33-14-21-19-10-3-1-8-17(19)18-9-2-4-11-20(18)21/h1-12,21-22,28H,13-14H2,(H,26,31)(H,27,32)(H,29,30). The molecule has 0 bridgehead atoms. The topological polar surface area (TPSA) is 125 Å². The van der Waals surface area contributed by atoms with Crippen LogP contribution in [0.3, 0.4) is 0 Å². The molecule has 1 aliphatic rings. The fourth-order valence-corrected chi connectivity index (χ4v) is 3.98. The average molecular weight is 446 g/mol. The van der Waals surface area contributed by atoms with Gasteiger partial charge in [-0.15, -0.1) is 0 Å². The van der Waals surface area contributed by atoms with Crippen LogP contribution in [-0.2, 0) is 14.3 Å². The molecule has 8 heteroatoms. The second-order valence-corrected chi connectivity index (χ2v) is 7.66. The van der Waals surface area contributed by atoms with Gasteiger partial charge < -0.3 is 25.6 Å². The van der Waals surface area contributed by atoms with E-state index in [-0.39, 0.29) is 24.0 Å². The maximum atomic E-state index is 12.6. The Kier molecular flexibility index (Phi) is 6.26. The quantitative estimate of drug-likeness (QED) is 0.438. The molecule has 0 saturated heterocycles. The number of benzene rings is 3. The lowest BCUT2D eigenvalue weighted by Gasteiger charge is -2.19. The first-order valence-electron chi connectivity index (χ1n) is 10.4. The first-order chi connectivity index (χ1) is 15.9. The molecule has 4 N–H and O–H groups in total. The van der Waals surface area contributed by atoms with Crippen molar-refractivity contribution in [3.05, 3.63) is 83.9 Å². The summed E-state index contributed by atoms with van der Waals surface area (Å²) < 4.78 is 5.41. The minimum atomic E-state index is -1.36. The number of phenols is 1. The maximum Gasteiger partial charge on any atom is 0.407 e. The van der Waals surface area contributed by atoms with E-state index in [1.807, 2.05) is 48.5 Å². The predicted molar refractivity (Wildman–Crippen MR) is 121 cm³/mol. The average Bonchev–Trinajstić information content (AvgIpc) is 3.11. The number of nitrogens with one attached hydrogen (secondary N) is 2. The first-order valence-corrected chi connectivity index (χ1v) is 10.4. The molecule has 33 heavy (non-hydrogen) atoms. The van der Waals surface area contributed by atoms with Crippen LogP contribution < -0.4 is 10.6 Å². The molecule has 1 aliphatic carbocycles. The zero-order valence-electron chi connectivity index (χ0n) is 17.5. The second-order valence-electron chi connectivity index (χ2n) is 7.66. The van der Waals surface area contributed by atoms with Gasteiger partial charge in [0.1, 0.15) is 18.4 Å². The number of carboxylic acid groups (broad SMARTS) is 1. The summed E-state index contributed by atoms with van der Waals surface area (Å²) in [6.07, 6.45) is -1.52. The summed E-state index contributed by atoms with van der Waals surface area (Å²) >= 11 is 0. The van der Waals surface area contributed by atoms with E-state index in [4.69, 9.17) is 9.84 Å².